The van der Waals surface area contributed by atoms with E-state index < -0.39 is 30.7 Å². The highest BCUT2D eigenvalue weighted by Gasteiger charge is 2.38. The summed E-state index contributed by atoms with van der Waals surface area (Å²) in [6.45, 7) is 0.830. The normalized spacial score (nSPS) is 22.5. The molecule has 11 heteroatoms. The second kappa shape index (κ2) is 11.1. The Hall–Kier alpha value is -3.47. The number of fused-ring (bicyclic) bond motifs is 7. The molecule has 2 amide bonds. The average Bonchev–Trinajstić information content (AvgIpc) is 3.64. The first kappa shape index (κ1) is 26.1. The highest BCUT2D eigenvalue weighted by Crippen LogP contribution is 2.31. The van der Waals surface area contributed by atoms with Gasteiger partial charge in [0.15, 0.2) is 6.61 Å². The van der Waals surface area contributed by atoms with E-state index in [4.69, 9.17) is 14.2 Å². The molecular weight excluding hydrogens is 503 g/mol. The van der Waals surface area contributed by atoms with Gasteiger partial charge in [-0.15, -0.1) is 0 Å². The van der Waals surface area contributed by atoms with Gasteiger partial charge in [-0.1, -0.05) is 12.1 Å². The minimum Gasteiger partial charge on any atom is -0.493 e. The summed E-state index contributed by atoms with van der Waals surface area (Å²) in [4.78, 5) is 27.3. The van der Waals surface area contributed by atoms with Crippen LogP contribution in [-0.2, 0) is 11.3 Å². The molecule has 8 nitrogen and oxygen atoms in total. The molecule has 0 aromatic heterocycles. The van der Waals surface area contributed by atoms with Crippen molar-refractivity contribution in [2.45, 2.75) is 44.1 Å². The Morgan fingerprint density at radius 2 is 1.82 bits per heavy atom. The van der Waals surface area contributed by atoms with E-state index in [-0.39, 0.29) is 44.3 Å². The molecule has 1 saturated carbocycles. The molecule has 2 aromatic carbocycles. The lowest BCUT2D eigenvalue weighted by Gasteiger charge is -2.22. The number of nitrogens with zero attached hydrogens (tertiary/aromatic N) is 1. The lowest BCUT2D eigenvalue weighted by Crippen LogP contribution is -2.45. The van der Waals surface area contributed by atoms with Crippen LogP contribution in [-0.4, -0.2) is 67.9 Å². The van der Waals surface area contributed by atoms with Crippen molar-refractivity contribution in [1.82, 2.24) is 15.5 Å². The molecule has 2 atom stereocenters. The number of amides is 2. The number of halogens is 3. The fraction of sp³-hybridized carbons (Fsp3) is 0.481. The summed E-state index contributed by atoms with van der Waals surface area (Å²) in [5, 5.41) is 5.72. The number of nitrogens with one attached hydrogen (secondary N) is 2. The number of rotatable bonds is 5. The maximum Gasteiger partial charge on any atom is 0.390 e. The van der Waals surface area contributed by atoms with E-state index in [1.165, 1.54) is 6.07 Å². The second-order valence-electron chi connectivity index (χ2n) is 10.0. The van der Waals surface area contributed by atoms with E-state index >= 15 is 0 Å². The Balaban J connectivity index is 1.39. The number of carbonyl (C=O) groups excluding carboxylic acids is 2. The summed E-state index contributed by atoms with van der Waals surface area (Å²) in [6, 6.07) is 11.3. The lowest BCUT2D eigenvalue weighted by molar-refractivity contribution is -0.137. The first-order chi connectivity index (χ1) is 18.2. The third-order valence-corrected chi connectivity index (χ3v) is 6.77. The van der Waals surface area contributed by atoms with Gasteiger partial charge >= 0.3 is 6.18 Å². The van der Waals surface area contributed by atoms with E-state index in [0.29, 0.717) is 29.8 Å². The van der Waals surface area contributed by atoms with Gasteiger partial charge in [0.2, 0.25) is 0 Å². The number of hydrogen-bond acceptors (Lipinski definition) is 6. The molecule has 1 aliphatic carbocycles. The molecule has 38 heavy (non-hydrogen) atoms. The van der Waals surface area contributed by atoms with Crippen molar-refractivity contribution in [3.63, 3.8) is 0 Å². The van der Waals surface area contributed by atoms with Crippen LogP contribution in [0.2, 0.25) is 0 Å². The van der Waals surface area contributed by atoms with Gasteiger partial charge in [-0.3, -0.25) is 14.5 Å². The Kier molecular flexibility index (Phi) is 7.64. The second-order valence-corrected chi connectivity index (χ2v) is 10.0. The zero-order valence-electron chi connectivity index (χ0n) is 20.8. The highest BCUT2D eigenvalue weighted by molar-refractivity contribution is 5.95. The van der Waals surface area contributed by atoms with Crippen molar-refractivity contribution in [1.29, 1.82) is 0 Å². The van der Waals surface area contributed by atoms with Crippen LogP contribution >= 0.6 is 0 Å². The fourth-order valence-corrected chi connectivity index (χ4v) is 4.46. The maximum atomic E-state index is 13.3. The van der Waals surface area contributed by atoms with Gasteiger partial charge < -0.3 is 24.8 Å². The molecule has 0 unspecified atom stereocenters. The lowest BCUT2D eigenvalue weighted by atomic mass is 10.1. The van der Waals surface area contributed by atoms with E-state index in [0.717, 1.165) is 18.4 Å². The summed E-state index contributed by atoms with van der Waals surface area (Å²) in [7, 11) is 0. The molecule has 3 aliphatic heterocycles. The van der Waals surface area contributed by atoms with Crippen molar-refractivity contribution in [3.8, 4) is 17.2 Å². The van der Waals surface area contributed by atoms with Crippen molar-refractivity contribution in [3.05, 3.63) is 53.6 Å². The third-order valence-electron chi connectivity index (χ3n) is 6.77. The molecule has 2 N–H and O–H groups in total. The van der Waals surface area contributed by atoms with Crippen LogP contribution in [0, 0.1) is 5.92 Å². The summed E-state index contributed by atoms with van der Waals surface area (Å²) in [5.74, 6) is 1.00. The molecule has 0 radical (unpaired) electrons. The monoisotopic (exact) mass is 533 g/mol. The molecule has 204 valence electrons. The number of hydrogen-bond donors (Lipinski definition) is 2. The van der Waals surface area contributed by atoms with E-state index in [1.807, 2.05) is 0 Å². The Bertz CT molecular complexity index is 1150. The number of likely N-dealkylation sites (tertiary alicyclic amines) is 1. The molecule has 1 saturated heterocycles. The van der Waals surface area contributed by atoms with E-state index in [1.54, 1.807) is 41.3 Å². The van der Waals surface area contributed by atoms with Gasteiger partial charge in [-0.25, -0.2) is 0 Å². The van der Waals surface area contributed by atoms with E-state index in [2.05, 4.69) is 10.6 Å². The van der Waals surface area contributed by atoms with Crippen LogP contribution in [0.5, 0.6) is 17.2 Å². The summed E-state index contributed by atoms with van der Waals surface area (Å²) >= 11 is 0. The predicted octanol–water partition coefficient (Wildman–Crippen LogP) is 3.30. The van der Waals surface area contributed by atoms with Crippen molar-refractivity contribution in [2.75, 3.05) is 32.8 Å². The Labute approximate surface area is 218 Å². The molecule has 4 aliphatic rings. The van der Waals surface area contributed by atoms with Gasteiger partial charge in [0, 0.05) is 37.8 Å². The summed E-state index contributed by atoms with van der Waals surface area (Å²) in [5.41, 5.74) is 1.10. The van der Waals surface area contributed by atoms with Crippen LogP contribution in [0.4, 0.5) is 13.2 Å². The average molecular weight is 534 g/mol. The van der Waals surface area contributed by atoms with Crippen molar-refractivity contribution >= 4 is 11.8 Å². The smallest absolute Gasteiger partial charge is 0.390 e. The Morgan fingerprint density at radius 1 is 1.03 bits per heavy atom. The van der Waals surface area contributed by atoms with Gasteiger partial charge in [-0.2, -0.15) is 13.2 Å². The quantitative estimate of drug-likeness (QED) is 0.614. The zero-order chi connectivity index (χ0) is 26.7. The van der Waals surface area contributed by atoms with Crippen molar-refractivity contribution in [2.24, 2.45) is 5.92 Å². The molecule has 2 aromatic rings. The van der Waals surface area contributed by atoms with E-state index in [9.17, 15) is 22.8 Å². The first-order valence-electron chi connectivity index (χ1n) is 12.7. The molecule has 2 fully saturated rings. The van der Waals surface area contributed by atoms with Crippen LogP contribution in [0.15, 0.2) is 42.5 Å². The standard InChI is InChI=1S/C27H30F3N3O5/c28-27(29,30)7-8-33-13-23-24(14-33)38-20-5-3-17(4-6-20)12-31-25(34)16-37-22-10-19(26(35)32-23)9-21(11-22)36-15-18-1-2-18/h3-6,9-11,18,23-24H,1-2,7-8,12-16H2,(H,31,34)(H,32,35)/t23-,24-/m0/s1. The van der Waals surface area contributed by atoms with Crippen LogP contribution < -0.4 is 24.8 Å². The summed E-state index contributed by atoms with van der Waals surface area (Å²) < 4.78 is 56.2. The van der Waals surface area contributed by atoms with Crippen LogP contribution in [0.3, 0.4) is 0 Å². The van der Waals surface area contributed by atoms with Gasteiger partial charge in [0.25, 0.3) is 11.8 Å². The zero-order valence-corrected chi connectivity index (χ0v) is 20.8. The number of ether oxygens (including phenoxy) is 3. The molecular formula is C27H30F3N3O5. The minimum absolute atomic E-state index is 0.184. The van der Waals surface area contributed by atoms with Gasteiger partial charge in [0.1, 0.15) is 23.4 Å². The summed E-state index contributed by atoms with van der Waals surface area (Å²) in [6.07, 6.45) is -3.58. The van der Waals surface area contributed by atoms with Crippen molar-refractivity contribution < 1.29 is 37.0 Å². The van der Waals surface area contributed by atoms with Crippen LogP contribution in [0.25, 0.3) is 0 Å². The van der Waals surface area contributed by atoms with Gasteiger partial charge in [0.05, 0.1) is 19.1 Å². The highest BCUT2D eigenvalue weighted by atomic mass is 19.4. The van der Waals surface area contributed by atoms with Crippen LogP contribution in [0.1, 0.15) is 35.2 Å². The number of benzene rings is 2. The SMILES string of the molecule is O=C1COc2cc(OCC3CC3)cc(c2)C(=O)N[C@H]2CN(CCC(F)(F)F)C[C@@H]2Oc2ccc(cc2)CN1. The molecule has 3 heterocycles. The Morgan fingerprint density at radius 3 is 2.55 bits per heavy atom. The number of alkyl halides is 3. The maximum absolute atomic E-state index is 13.3. The fourth-order valence-electron chi connectivity index (χ4n) is 4.46. The number of carbonyl (C=O) groups is 2. The first-order valence-corrected chi connectivity index (χ1v) is 12.7. The predicted molar refractivity (Wildman–Crippen MR) is 131 cm³/mol. The molecule has 0 spiro atoms. The van der Waals surface area contributed by atoms with Gasteiger partial charge in [-0.05, 0) is 48.6 Å². The molecule has 4 bridgehead atoms. The third kappa shape index (κ3) is 7.31. The topological polar surface area (TPSA) is 89.1 Å². The molecule has 6 rings (SSSR count). The minimum atomic E-state index is -4.27. The largest absolute Gasteiger partial charge is 0.493 e.